The van der Waals surface area contributed by atoms with Crippen molar-refractivity contribution in [2.45, 2.75) is 86.0 Å². The molecule has 0 aromatic carbocycles. The Hall–Kier alpha value is -0.260. The highest BCUT2D eigenvalue weighted by atomic mass is 14.8. The van der Waals surface area contributed by atoms with E-state index in [1.807, 2.05) is 5.57 Å². The summed E-state index contributed by atoms with van der Waals surface area (Å²) >= 11 is 0. The molecule has 0 amide bonds. The van der Waals surface area contributed by atoms with Gasteiger partial charge in [0, 0.05) is 5.41 Å². The maximum atomic E-state index is 2.68. The minimum absolute atomic E-state index is 0.558. The summed E-state index contributed by atoms with van der Waals surface area (Å²) in [6.45, 7) is 13.0. The van der Waals surface area contributed by atoms with Crippen LogP contribution in [0.1, 0.15) is 86.0 Å². The van der Waals surface area contributed by atoms with Crippen LogP contribution in [0.5, 0.6) is 0 Å². The average Bonchev–Trinajstić information content (AvgIpc) is 2.82. The van der Waals surface area contributed by atoms with Crippen LogP contribution in [-0.4, -0.2) is 0 Å². The third kappa shape index (κ3) is 1.19. The molecule has 0 N–H and O–H groups in total. The molecular formula is C20H32. The van der Waals surface area contributed by atoms with Gasteiger partial charge in [-0.25, -0.2) is 0 Å². The van der Waals surface area contributed by atoms with Gasteiger partial charge < -0.3 is 0 Å². The second-order valence-electron chi connectivity index (χ2n) is 9.80. The Labute approximate surface area is 125 Å². The van der Waals surface area contributed by atoms with Crippen molar-refractivity contribution in [1.82, 2.24) is 0 Å². The first-order chi connectivity index (χ1) is 9.27. The van der Waals surface area contributed by atoms with Crippen LogP contribution in [0.2, 0.25) is 0 Å². The van der Waals surface area contributed by atoms with Crippen molar-refractivity contribution < 1.29 is 0 Å². The van der Waals surface area contributed by atoms with Gasteiger partial charge in [-0.3, -0.25) is 0 Å². The normalized spacial score (nSPS) is 53.0. The number of allylic oxidation sites excluding steroid dienone is 2. The van der Waals surface area contributed by atoms with Crippen molar-refractivity contribution in [3.63, 3.8) is 0 Å². The second-order valence-corrected chi connectivity index (χ2v) is 9.80. The monoisotopic (exact) mass is 272 g/mol. The van der Waals surface area contributed by atoms with Crippen LogP contribution in [0, 0.1) is 27.6 Å². The zero-order valence-corrected chi connectivity index (χ0v) is 14.2. The molecule has 3 fully saturated rings. The van der Waals surface area contributed by atoms with Crippen LogP contribution in [0.3, 0.4) is 0 Å². The molecule has 4 aliphatic rings. The summed E-state index contributed by atoms with van der Waals surface area (Å²) in [7, 11) is 0. The van der Waals surface area contributed by atoms with Gasteiger partial charge in [-0.1, -0.05) is 38.8 Å². The van der Waals surface area contributed by atoms with E-state index in [1.165, 1.54) is 51.4 Å². The second kappa shape index (κ2) is 3.55. The smallest absolute Gasteiger partial charge is 0.00555 e. The molecule has 4 aliphatic carbocycles. The fourth-order valence-corrected chi connectivity index (χ4v) is 8.28. The van der Waals surface area contributed by atoms with Crippen LogP contribution in [0.4, 0.5) is 0 Å². The lowest BCUT2D eigenvalue weighted by atomic mass is 9.52. The largest absolute Gasteiger partial charge is 0.0735 e. The van der Waals surface area contributed by atoms with Gasteiger partial charge in [0.2, 0.25) is 0 Å². The molecule has 20 heavy (non-hydrogen) atoms. The molecule has 0 aromatic rings. The standard InChI is InChI=1S/C20H32/c1-14-7-6-10-18(4)12-9-16-17(2,3)13-19(5)11-8-15(14)20(16,18)19/h16H,6-13H2,1-5H3/t16-,18+,19-,20+/m1/s1. The molecule has 0 aliphatic heterocycles. The zero-order valence-electron chi connectivity index (χ0n) is 14.2. The molecule has 4 atom stereocenters. The maximum Gasteiger partial charge on any atom is 0.00555 e. The lowest BCUT2D eigenvalue weighted by Gasteiger charge is -2.51. The Morgan fingerprint density at radius 1 is 0.900 bits per heavy atom. The molecule has 0 saturated heterocycles. The van der Waals surface area contributed by atoms with E-state index in [2.05, 4.69) is 34.6 Å². The number of hydrogen-bond donors (Lipinski definition) is 0. The first-order valence-corrected chi connectivity index (χ1v) is 8.96. The van der Waals surface area contributed by atoms with Crippen molar-refractivity contribution in [2.75, 3.05) is 0 Å². The predicted molar refractivity (Wildman–Crippen MR) is 85.6 cm³/mol. The SMILES string of the molecule is CC1=C2CC[C@]3(C)CC(C)(C)[C@H]4CC[C@](C)(CCC1)[C@]243. The van der Waals surface area contributed by atoms with Crippen LogP contribution >= 0.6 is 0 Å². The lowest BCUT2D eigenvalue weighted by Crippen LogP contribution is -2.45. The molecule has 0 aromatic heterocycles. The molecule has 112 valence electrons. The minimum Gasteiger partial charge on any atom is -0.0735 e. The highest BCUT2D eigenvalue weighted by molar-refractivity contribution is 5.40. The summed E-state index contributed by atoms with van der Waals surface area (Å²) in [5.74, 6) is 0.954. The van der Waals surface area contributed by atoms with Gasteiger partial charge in [-0.05, 0) is 80.5 Å². The molecular weight excluding hydrogens is 240 g/mol. The van der Waals surface area contributed by atoms with E-state index in [1.54, 1.807) is 5.57 Å². The lowest BCUT2D eigenvalue weighted by molar-refractivity contribution is 0.00867. The predicted octanol–water partition coefficient (Wildman–Crippen LogP) is 6.12. The molecule has 0 heterocycles. The van der Waals surface area contributed by atoms with Crippen molar-refractivity contribution >= 4 is 0 Å². The molecule has 3 saturated carbocycles. The summed E-state index contributed by atoms with van der Waals surface area (Å²) in [6, 6.07) is 0. The molecule has 1 spiro atoms. The van der Waals surface area contributed by atoms with E-state index in [0.717, 1.165) is 5.92 Å². The van der Waals surface area contributed by atoms with Crippen LogP contribution in [0.15, 0.2) is 11.1 Å². The Morgan fingerprint density at radius 3 is 2.40 bits per heavy atom. The van der Waals surface area contributed by atoms with E-state index in [0.29, 0.717) is 21.7 Å². The third-order valence-electron chi connectivity index (χ3n) is 8.40. The topological polar surface area (TPSA) is 0 Å². The summed E-state index contributed by atoms with van der Waals surface area (Å²) in [4.78, 5) is 0. The first kappa shape index (κ1) is 13.4. The highest BCUT2D eigenvalue weighted by Gasteiger charge is 2.76. The third-order valence-corrected chi connectivity index (χ3v) is 8.40. The molecule has 0 nitrogen and oxygen atoms in total. The quantitative estimate of drug-likeness (QED) is 0.466. The van der Waals surface area contributed by atoms with Crippen molar-refractivity contribution in [2.24, 2.45) is 27.6 Å². The number of hydrogen-bond acceptors (Lipinski definition) is 0. The fourth-order valence-electron chi connectivity index (χ4n) is 8.28. The van der Waals surface area contributed by atoms with Gasteiger partial charge in [-0.15, -0.1) is 0 Å². The fraction of sp³-hybridized carbons (Fsp3) is 0.900. The van der Waals surface area contributed by atoms with Gasteiger partial charge >= 0.3 is 0 Å². The van der Waals surface area contributed by atoms with Gasteiger partial charge in [-0.2, -0.15) is 0 Å². The number of rotatable bonds is 0. The Kier molecular flexibility index (Phi) is 2.38. The van der Waals surface area contributed by atoms with Crippen molar-refractivity contribution in [3.05, 3.63) is 11.1 Å². The van der Waals surface area contributed by atoms with Gasteiger partial charge in [0.25, 0.3) is 0 Å². The molecule has 0 radical (unpaired) electrons. The summed E-state index contributed by atoms with van der Waals surface area (Å²) in [5, 5.41) is 0. The minimum atomic E-state index is 0.558. The van der Waals surface area contributed by atoms with E-state index in [4.69, 9.17) is 0 Å². The maximum absolute atomic E-state index is 2.68. The van der Waals surface area contributed by atoms with Gasteiger partial charge in [0.05, 0.1) is 0 Å². The van der Waals surface area contributed by atoms with Crippen molar-refractivity contribution in [1.29, 1.82) is 0 Å². The summed E-state index contributed by atoms with van der Waals surface area (Å²) < 4.78 is 0. The van der Waals surface area contributed by atoms with Crippen LogP contribution < -0.4 is 0 Å². The van der Waals surface area contributed by atoms with Gasteiger partial charge in [0.15, 0.2) is 0 Å². The van der Waals surface area contributed by atoms with E-state index in [9.17, 15) is 0 Å². The zero-order chi connectivity index (χ0) is 14.4. The first-order valence-electron chi connectivity index (χ1n) is 8.96. The molecule has 0 bridgehead atoms. The van der Waals surface area contributed by atoms with E-state index >= 15 is 0 Å². The van der Waals surface area contributed by atoms with Crippen molar-refractivity contribution in [3.8, 4) is 0 Å². The Morgan fingerprint density at radius 2 is 1.65 bits per heavy atom. The Bertz CT molecular complexity index is 496. The van der Waals surface area contributed by atoms with Gasteiger partial charge in [0.1, 0.15) is 0 Å². The van der Waals surface area contributed by atoms with E-state index in [-0.39, 0.29) is 0 Å². The molecule has 0 heteroatoms. The average molecular weight is 272 g/mol. The molecule has 4 rings (SSSR count). The summed E-state index contributed by atoms with van der Waals surface area (Å²) in [6.07, 6.45) is 11.7. The Balaban J connectivity index is 2.04. The van der Waals surface area contributed by atoms with Crippen LogP contribution in [-0.2, 0) is 0 Å². The highest BCUT2D eigenvalue weighted by Crippen LogP contribution is 2.84. The molecule has 0 unspecified atom stereocenters. The van der Waals surface area contributed by atoms with E-state index < -0.39 is 0 Å². The summed E-state index contributed by atoms with van der Waals surface area (Å²) in [5.41, 5.74) is 6.07. The van der Waals surface area contributed by atoms with Crippen LogP contribution in [0.25, 0.3) is 0 Å².